The van der Waals surface area contributed by atoms with Gasteiger partial charge in [0.2, 0.25) is 11.8 Å². The maximum atomic E-state index is 10.7. The standard InChI is InChI=1S/2C6H11NO/c1-2-7-5-3-4-6(7)8;8-6-4-2-1-3-5-7-6/h2-5H2,1H3;1-5H2,(H,7,8). The minimum absolute atomic E-state index is 0.225. The molecule has 0 saturated carbocycles. The van der Waals surface area contributed by atoms with Gasteiger partial charge in [0.25, 0.3) is 0 Å². The van der Waals surface area contributed by atoms with Crippen LogP contribution in [0.4, 0.5) is 0 Å². The molecule has 16 heavy (non-hydrogen) atoms. The maximum absolute atomic E-state index is 10.7. The number of nitrogens with zero attached hydrogens (tertiary/aromatic N) is 1. The van der Waals surface area contributed by atoms with Gasteiger partial charge in [-0.15, -0.1) is 0 Å². The van der Waals surface area contributed by atoms with Gasteiger partial charge in [0.05, 0.1) is 0 Å². The first-order valence-electron chi connectivity index (χ1n) is 6.28. The number of hydrogen-bond donors (Lipinski definition) is 1. The van der Waals surface area contributed by atoms with Crippen molar-refractivity contribution in [2.45, 2.75) is 45.4 Å². The van der Waals surface area contributed by atoms with Gasteiger partial charge in [-0.1, -0.05) is 6.42 Å². The summed E-state index contributed by atoms with van der Waals surface area (Å²) in [5.41, 5.74) is 0. The first kappa shape index (κ1) is 13.0. The monoisotopic (exact) mass is 226 g/mol. The van der Waals surface area contributed by atoms with Crippen LogP contribution in [0.2, 0.25) is 0 Å². The van der Waals surface area contributed by atoms with Crippen LogP contribution in [-0.4, -0.2) is 36.3 Å². The Morgan fingerprint density at radius 1 is 1.12 bits per heavy atom. The molecule has 92 valence electrons. The number of carbonyl (C=O) groups is 2. The number of nitrogens with one attached hydrogen (secondary N) is 1. The third kappa shape index (κ3) is 4.64. The van der Waals surface area contributed by atoms with E-state index >= 15 is 0 Å². The Kier molecular flexibility index (Phi) is 5.90. The van der Waals surface area contributed by atoms with Gasteiger partial charge in [0, 0.05) is 32.5 Å². The molecule has 2 heterocycles. The number of likely N-dealkylation sites (tertiary alicyclic amines) is 1. The van der Waals surface area contributed by atoms with Crippen molar-refractivity contribution in [2.24, 2.45) is 0 Å². The van der Waals surface area contributed by atoms with E-state index in [9.17, 15) is 9.59 Å². The number of carbonyl (C=O) groups excluding carboxylic acids is 2. The van der Waals surface area contributed by atoms with Crippen LogP contribution in [0, 0.1) is 0 Å². The molecule has 0 atom stereocenters. The number of amides is 2. The van der Waals surface area contributed by atoms with Crippen LogP contribution in [0.5, 0.6) is 0 Å². The van der Waals surface area contributed by atoms with E-state index in [1.807, 2.05) is 11.8 Å². The highest BCUT2D eigenvalue weighted by Gasteiger charge is 2.16. The summed E-state index contributed by atoms with van der Waals surface area (Å²) < 4.78 is 0. The summed E-state index contributed by atoms with van der Waals surface area (Å²) in [5, 5.41) is 2.81. The molecule has 2 amide bonds. The van der Waals surface area contributed by atoms with Gasteiger partial charge in [0.1, 0.15) is 0 Å². The summed E-state index contributed by atoms with van der Waals surface area (Å²) in [6, 6.07) is 0. The average molecular weight is 226 g/mol. The van der Waals surface area contributed by atoms with E-state index in [1.54, 1.807) is 0 Å². The second-order valence-corrected chi connectivity index (χ2v) is 4.24. The zero-order valence-corrected chi connectivity index (χ0v) is 10.1. The summed E-state index contributed by atoms with van der Waals surface area (Å²) in [4.78, 5) is 23.2. The van der Waals surface area contributed by atoms with Crippen molar-refractivity contribution in [3.05, 3.63) is 0 Å². The molecule has 0 aromatic heterocycles. The van der Waals surface area contributed by atoms with Crippen molar-refractivity contribution in [1.29, 1.82) is 0 Å². The molecule has 2 aliphatic rings. The third-order valence-electron chi connectivity index (χ3n) is 2.96. The van der Waals surface area contributed by atoms with Gasteiger partial charge in [-0.25, -0.2) is 0 Å². The third-order valence-corrected chi connectivity index (χ3v) is 2.96. The van der Waals surface area contributed by atoms with Crippen molar-refractivity contribution >= 4 is 11.8 Å². The van der Waals surface area contributed by atoms with Gasteiger partial charge in [-0.2, -0.15) is 0 Å². The van der Waals surface area contributed by atoms with Crippen LogP contribution >= 0.6 is 0 Å². The Hall–Kier alpha value is -1.06. The molecular weight excluding hydrogens is 204 g/mol. The molecule has 4 heteroatoms. The minimum Gasteiger partial charge on any atom is -0.356 e. The summed E-state index contributed by atoms with van der Waals surface area (Å²) in [6.07, 6.45) is 6.01. The SMILES string of the molecule is CCN1CCCC1=O.O=C1CCCCCN1. The molecule has 0 aromatic rings. The fraction of sp³-hybridized carbons (Fsp3) is 0.833. The molecule has 2 aliphatic heterocycles. The van der Waals surface area contributed by atoms with E-state index in [4.69, 9.17) is 0 Å². The Balaban J connectivity index is 0.000000160. The molecule has 1 N–H and O–H groups in total. The maximum Gasteiger partial charge on any atom is 0.222 e. The van der Waals surface area contributed by atoms with E-state index in [1.165, 1.54) is 6.42 Å². The smallest absolute Gasteiger partial charge is 0.222 e. The molecule has 0 aromatic carbocycles. The van der Waals surface area contributed by atoms with E-state index in [2.05, 4.69) is 5.32 Å². The molecule has 0 spiro atoms. The fourth-order valence-corrected chi connectivity index (χ4v) is 1.94. The Bertz CT molecular complexity index is 231. The average Bonchev–Trinajstić information content (AvgIpc) is 2.54. The Morgan fingerprint density at radius 2 is 1.94 bits per heavy atom. The Labute approximate surface area is 97.4 Å². The van der Waals surface area contributed by atoms with Gasteiger partial charge >= 0.3 is 0 Å². The van der Waals surface area contributed by atoms with Gasteiger partial charge in [-0.3, -0.25) is 9.59 Å². The highest BCUT2D eigenvalue weighted by Crippen LogP contribution is 2.07. The van der Waals surface area contributed by atoms with Crippen molar-refractivity contribution in [1.82, 2.24) is 10.2 Å². The van der Waals surface area contributed by atoms with E-state index in [0.717, 1.165) is 51.7 Å². The Morgan fingerprint density at radius 3 is 2.50 bits per heavy atom. The molecule has 0 aliphatic carbocycles. The number of hydrogen-bond acceptors (Lipinski definition) is 2. The van der Waals surface area contributed by atoms with Crippen LogP contribution in [-0.2, 0) is 9.59 Å². The topological polar surface area (TPSA) is 49.4 Å². The summed E-state index contributed by atoms with van der Waals surface area (Å²) in [5.74, 6) is 0.551. The lowest BCUT2D eigenvalue weighted by Crippen LogP contribution is -2.23. The fourth-order valence-electron chi connectivity index (χ4n) is 1.94. The lowest BCUT2D eigenvalue weighted by molar-refractivity contribution is -0.127. The molecule has 2 rings (SSSR count). The van der Waals surface area contributed by atoms with Crippen molar-refractivity contribution in [3.63, 3.8) is 0 Å². The van der Waals surface area contributed by atoms with Gasteiger partial charge < -0.3 is 10.2 Å². The summed E-state index contributed by atoms with van der Waals surface area (Å²) in [7, 11) is 0. The molecule has 0 radical (unpaired) electrons. The van der Waals surface area contributed by atoms with Gasteiger partial charge in [0.15, 0.2) is 0 Å². The molecule has 4 nitrogen and oxygen atoms in total. The van der Waals surface area contributed by atoms with E-state index in [-0.39, 0.29) is 5.91 Å². The molecule has 0 bridgehead atoms. The van der Waals surface area contributed by atoms with Gasteiger partial charge in [-0.05, 0) is 26.2 Å². The largest absolute Gasteiger partial charge is 0.356 e. The van der Waals surface area contributed by atoms with E-state index < -0.39 is 0 Å². The van der Waals surface area contributed by atoms with Crippen LogP contribution in [0.25, 0.3) is 0 Å². The van der Waals surface area contributed by atoms with E-state index in [0.29, 0.717) is 5.91 Å². The minimum atomic E-state index is 0.225. The normalized spacial score (nSPS) is 20.9. The molecular formula is C12H22N2O2. The highest BCUT2D eigenvalue weighted by molar-refractivity contribution is 5.77. The zero-order chi connectivity index (χ0) is 11.8. The van der Waals surface area contributed by atoms with Crippen LogP contribution in [0.15, 0.2) is 0 Å². The first-order chi connectivity index (χ1) is 7.74. The lowest BCUT2D eigenvalue weighted by Gasteiger charge is -2.10. The molecule has 2 saturated heterocycles. The predicted octanol–water partition coefficient (Wildman–Crippen LogP) is 1.31. The predicted molar refractivity (Wildman–Crippen MR) is 63.0 cm³/mol. The number of rotatable bonds is 1. The lowest BCUT2D eigenvalue weighted by atomic mass is 10.2. The summed E-state index contributed by atoms with van der Waals surface area (Å²) >= 11 is 0. The van der Waals surface area contributed by atoms with Crippen molar-refractivity contribution < 1.29 is 9.59 Å². The van der Waals surface area contributed by atoms with Crippen LogP contribution in [0.3, 0.4) is 0 Å². The molecule has 0 unspecified atom stereocenters. The summed E-state index contributed by atoms with van der Waals surface area (Å²) in [6.45, 7) is 4.77. The second-order valence-electron chi connectivity index (χ2n) is 4.24. The van der Waals surface area contributed by atoms with Crippen LogP contribution < -0.4 is 5.32 Å². The zero-order valence-electron chi connectivity index (χ0n) is 10.1. The second kappa shape index (κ2) is 7.25. The molecule has 2 fully saturated rings. The van der Waals surface area contributed by atoms with Crippen LogP contribution in [0.1, 0.15) is 45.4 Å². The van der Waals surface area contributed by atoms with Crippen molar-refractivity contribution in [3.8, 4) is 0 Å². The first-order valence-corrected chi connectivity index (χ1v) is 6.28. The quantitative estimate of drug-likeness (QED) is 0.732. The van der Waals surface area contributed by atoms with Crippen molar-refractivity contribution in [2.75, 3.05) is 19.6 Å². The highest BCUT2D eigenvalue weighted by atomic mass is 16.2.